The molecule has 3 nitrogen and oxygen atoms in total. The predicted octanol–water partition coefficient (Wildman–Crippen LogP) is 2.09. The third-order valence-corrected chi connectivity index (χ3v) is 2.52. The Morgan fingerprint density at radius 2 is 2.13 bits per heavy atom. The third-order valence-electron chi connectivity index (χ3n) is 2.52. The molecular formula is C12H21N3. The summed E-state index contributed by atoms with van der Waals surface area (Å²) in [6.07, 6.45) is 3.02. The molecule has 15 heavy (non-hydrogen) atoms. The first-order chi connectivity index (χ1) is 7.22. The van der Waals surface area contributed by atoms with Crippen LogP contribution in [-0.4, -0.2) is 18.1 Å². The fraction of sp³-hybridized carbons (Fsp3) is 0.583. The van der Waals surface area contributed by atoms with Gasteiger partial charge in [-0.3, -0.25) is 0 Å². The number of nitrogens with zero attached hydrogens (tertiary/aromatic N) is 2. The maximum Gasteiger partial charge on any atom is 0.131 e. The molecule has 1 rings (SSSR count). The Hall–Kier alpha value is -1.09. The lowest BCUT2D eigenvalue weighted by Crippen LogP contribution is -2.25. The zero-order valence-corrected chi connectivity index (χ0v) is 9.95. The number of aryl methyl sites for hydroxylation is 1. The molecule has 0 aromatic carbocycles. The topological polar surface area (TPSA) is 42.2 Å². The lowest BCUT2D eigenvalue weighted by molar-refractivity contribution is 0.774. The van der Waals surface area contributed by atoms with E-state index in [9.17, 15) is 0 Å². The number of hydrogen-bond donors (Lipinski definition) is 1. The molecule has 0 spiro atoms. The summed E-state index contributed by atoms with van der Waals surface area (Å²) in [6.45, 7) is 9.07. The number of hydrogen-bond acceptors (Lipinski definition) is 3. The third kappa shape index (κ3) is 2.93. The molecular weight excluding hydrogens is 186 g/mol. The Kier molecular flexibility index (Phi) is 4.56. The van der Waals surface area contributed by atoms with Crippen LogP contribution in [0.5, 0.6) is 0 Å². The van der Waals surface area contributed by atoms with Crippen molar-refractivity contribution in [1.29, 1.82) is 0 Å². The van der Waals surface area contributed by atoms with E-state index in [1.54, 1.807) is 0 Å². The molecule has 1 heterocycles. The predicted molar refractivity (Wildman–Crippen MR) is 65.0 cm³/mol. The zero-order valence-electron chi connectivity index (χ0n) is 9.95. The fourth-order valence-corrected chi connectivity index (χ4v) is 1.75. The smallest absolute Gasteiger partial charge is 0.131 e. The minimum atomic E-state index is 0.564. The first-order valence-electron chi connectivity index (χ1n) is 5.63. The second-order valence-corrected chi connectivity index (χ2v) is 3.77. The summed E-state index contributed by atoms with van der Waals surface area (Å²) in [5.74, 6) is 1.09. The van der Waals surface area contributed by atoms with Gasteiger partial charge >= 0.3 is 0 Å². The van der Waals surface area contributed by atoms with Crippen LogP contribution < -0.4 is 10.6 Å². The van der Waals surface area contributed by atoms with Crippen molar-refractivity contribution in [2.45, 2.75) is 33.7 Å². The van der Waals surface area contributed by atoms with Crippen LogP contribution in [0, 0.1) is 6.92 Å². The minimum absolute atomic E-state index is 0.564. The Morgan fingerprint density at radius 1 is 1.40 bits per heavy atom. The van der Waals surface area contributed by atoms with Crippen molar-refractivity contribution in [3.63, 3.8) is 0 Å². The van der Waals surface area contributed by atoms with E-state index in [2.05, 4.69) is 36.7 Å². The number of aromatic nitrogens is 1. The van der Waals surface area contributed by atoms with E-state index in [1.165, 1.54) is 5.56 Å². The number of anilines is 1. The normalized spacial score (nSPS) is 10.4. The molecule has 0 atom stereocenters. The van der Waals surface area contributed by atoms with Gasteiger partial charge in [0.05, 0.1) is 0 Å². The largest absolute Gasteiger partial charge is 0.357 e. The van der Waals surface area contributed by atoms with Crippen LogP contribution in [0.15, 0.2) is 12.3 Å². The average molecular weight is 207 g/mol. The van der Waals surface area contributed by atoms with E-state index in [1.807, 2.05) is 6.20 Å². The van der Waals surface area contributed by atoms with Crippen molar-refractivity contribution in [2.24, 2.45) is 5.73 Å². The first-order valence-corrected chi connectivity index (χ1v) is 5.63. The van der Waals surface area contributed by atoms with Gasteiger partial charge in [0.1, 0.15) is 5.82 Å². The SMILES string of the molecule is CCCN(CC)c1ncc(CN)cc1C. The van der Waals surface area contributed by atoms with E-state index < -0.39 is 0 Å². The summed E-state index contributed by atoms with van der Waals surface area (Å²) in [7, 11) is 0. The molecule has 0 aliphatic carbocycles. The molecule has 0 saturated carbocycles. The minimum Gasteiger partial charge on any atom is -0.357 e. The molecule has 0 saturated heterocycles. The Morgan fingerprint density at radius 3 is 2.60 bits per heavy atom. The molecule has 0 aliphatic rings. The van der Waals surface area contributed by atoms with Crippen molar-refractivity contribution < 1.29 is 0 Å². The van der Waals surface area contributed by atoms with E-state index >= 15 is 0 Å². The van der Waals surface area contributed by atoms with Crippen LogP contribution in [0.2, 0.25) is 0 Å². The van der Waals surface area contributed by atoms with Gasteiger partial charge in [-0.25, -0.2) is 4.98 Å². The Bertz CT molecular complexity index is 310. The summed E-state index contributed by atoms with van der Waals surface area (Å²) in [5.41, 5.74) is 7.90. The van der Waals surface area contributed by atoms with Gasteiger partial charge in [-0.2, -0.15) is 0 Å². The maximum atomic E-state index is 5.58. The van der Waals surface area contributed by atoms with Crippen molar-refractivity contribution in [3.8, 4) is 0 Å². The molecule has 0 unspecified atom stereocenters. The molecule has 0 bridgehead atoms. The van der Waals surface area contributed by atoms with Gasteiger partial charge in [-0.15, -0.1) is 0 Å². The highest BCUT2D eigenvalue weighted by molar-refractivity contribution is 5.47. The molecule has 1 aromatic heterocycles. The lowest BCUT2D eigenvalue weighted by Gasteiger charge is -2.23. The quantitative estimate of drug-likeness (QED) is 0.804. The molecule has 0 amide bonds. The van der Waals surface area contributed by atoms with Crippen LogP contribution >= 0.6 is 0 Å². The molecule has 2 N–H and O–H groups in total. The van der Waals surface area contributed by atoms with E-state index in [0.717, 1.165) is 30.9 Å². The first kappa shape index (κ1) is 12.0. The summed E-state index contributed by atoms with van der Waals surface area (Å²) in [5, 5.41) is 0. The van der Waals surface area contributed by atoms with Crippen molar-refractivity contribution >= 4 is 5.82 Å². The number of pyridine rings is 1. The fourth-order valence-electron chi connectivity index (χ4n) is 1.75. The van der Waals surface area contributed by atoms with E-state index in [-0.39, 0.29) is 0 Å². The molecule has 1 aromatic rings. The van der Waals surface area contributed by atoms with Crippen molar-refractivity contribution in [1.82, 2.24) is 4.98 Å². The molecule has 3 heteroatoms. The van der Waals surface area contributed by atoms with Gasteiger partial charge in [-0.1, -0.05) is 6.92 Å². The summed E-state index contributed by atoms with van der Waals surface area (Å²) in [6, 6.07) is 2.13. The Balaban J connectivity index is 2.92. The summed E-state index contributed by atoms with van der Waals surface area (Å²) in [4.78, 5) is 6.79. The monoisotopic (exact) mass is 207 g/mol. The van der Waals surface area contributed by atoms with Crippen molar-refractivity contribution in [2.75, 3.05) is 18.0 Å². The van der Waals surface area contributed by atoms with Gasteiger partial charge in [0.25, 0.3) is 0 Å². The van der Waals surface area contributed by atoms with E-state index in [4.69, 9.17) is 5.73 Å². The van der Waals surface area contributed by atoms with Gasteiger partial charge in [0, 0.05) is 25.8 Å². The highest BCUT2D eigenvalue weighted by atomic mass is 15.2. The van der Waals surface area contributed by atoms with Gasteiger partial charge in [-0.05, 0) is 37.5 Å². The Labute approximate surface area is 92.3 Å². The van der Waals surface area contributed by atoms with Crippen LogP contribution in [0.4, 0.5) is 5.82 Å². The lowest BCUT2D eigenvalue weighted by atomic mass is 10.2. The maximum absolute atomic E-state index is 5.58. The second-order valence-electron chi connectivity index (χ2n) is 3.77. The standard InChI is InChI=1S/C12H21N3/c1-4-6-15(5-2)12-10(3)7-11(8-13)9-14-12/h7,9H,4-6,8,13H2,1-3H3. The molecule has 84 valence electrons. The van der Waals surface area contributed by atoms with Gasteiger partial charge in [0.2, 0.25) is 0 Å². The average Bonchev–Trinajstić information content (AvgIpc) is 2.26. The van der Waals surface area contributed by atoms with Gasteiger partial charge in [0.15, 0.2) is 0 Å². The van der Waals surface area contributed by atoms with Crippen LogP contribution in [0.1, 0.15) is 31.4 Å². The number of nitrogens with two attached hydrogens (primary N) is 1. The van der Waals surface area contributed by atoms with Crippen LogP contribution in [0.25, 0.3) is 0 Å². The second kappa shape index (κ2) is 5.71. The summed E-state index contributed by atoms with van der Waals surface area (Å²) >= 11 is 0. The highest BCUT2D eigenvalue weighted by Gasteiger charge is 2.07. The molecule has 0 aliphatic heterocycles. The summed E-state index contributed by atoms with van der Waals surface area (Å²) < 4.78 is 0. The molecule has 0 radical (unpaired) electrons. The zero-order chi connectivity index (χ0) is 11.3. The molecule has 0 fully saturated rings. The highest BCUT2D eigenvalue weighted by Crippen LogP contribution is 2.17. The van der Waals surface area contributed by atoms with Crippen LogP contribution in [0.3, 0.4) is 0 Å². The number of rotatable bonds is 5. The van der Waals surface area contributed by atoms with Gasteiger partial charge < -0.3 is 10.6 Å². The van der Waals surface area contributed by atoms with Crippen LogP contribution in [-0.2, 0) is 6.54 Å². The van der Waals surface area contributed by atoms with Crippen molar-refractivity contribution in [3.05, 3.63) is 23.4 Å². The van der Waals surface area contributed by atoms with E-state index in [0.29, 0.717) is 6.54 Å².